The van der Waals surface area contributed by atoms with Crippen molar-refractivity contribution in [3.8, 4) is 17.6 Å². The summed E-state index contributed by atoms with van der Waals surface area (Å²) in [6.07, 6.45) is -3.74. The topological polar surface area (TPSA) is 100 Å². The van der Waals surface area contributed by atoms with Gasteiger partial charge in [0, 0.05) is 12.1 Å². The van der Waals surface area contributed by atoms with Gasteiger partial charge in [-0.15, -0.1) is 8.78 Å². The third kappa shape index (κ3) is 2.65. The standard InChI is InChI=1S/C16H7F3N4O3/c17-9-3-7(6-20)1-2-8(9)14(24)23-15-21-10-4-12-13(5-11(10)22-15)26-16(18,19)25-12/h1-5H,(H2,21,22,23,24). The van der Waals surface area contributed by atoms with Crippen LogP contribution in [0, 0.1) is 17.1 Å². The van der Waals surface area contributed by atoms with E-state index in [2.05, 4.69) is 24.8 Å². The molecule has 0 saturated heterocycles. The number of anilines is 1. The number of halogens is 3. The van der Waals surface area contributed by atoms with Crippen molar-refractivity contribution >= 4 is 22.9 Å². The Morgan fingerprint density at radius 3 is 2.65 bits per heavy atom. The van der Waals surface area contributed by atoms with Gasteiger partial charge < -0.3 is 14.5 Å². The summed E-state index contributed by atoms with van der Waals surface area (Å²) in [6, 6.07) is 7.64. The first-order chi connectivity index (χ1) is 12.3. The normalized spacial score (nSPS) is 14.2. The number of hydrogen-bond acceptors (Lipinski definition) is 5. The monoisotopic (exact) mass is 360 g/mol. The van der Waals surface area contributed by atoms with Crippen LogP contribution in [0.4, 0.5) is 19.1 Å². The van der Waals surface area contributed by atoms with Crippen LogP contribution in [0.15, 0.2) is 30.3 Å². The van der Waals surface area contributed by atoms with Gasteiger partial charge in [0.1, 0.15) is 5.82 Å². The largest absolute Gasteiger partial charge is 0.586 e. The predicted molar refractivity (Wildman–Crippen MR) is 81.4 cm³/mol. The number of alkyl halides is 2. The summed E-state index contributed by atoms with van der Waals surface area (Å²) in [4.78, 5) is 18.9. The molecule has 1 aliphatic heterocycles. The lowest BCUT2D eigenvalue weighted by molar-refractivity contribution is -0.286. The first-order valence-electron chi connectivity index (χ1n) is 7.15. The zero-order chi connectivity index (χ0) is 18.5. The number of ether oxygens (including phenoxy) is 2. The lowest BCUT2D eigenvalue weighted by Crippen LogP contribution is -2.25. The molecule has 10 heteroatoms. The van der Waals surface area contributed by atoms with Crippen molar-refractivity contribution in [2.75, 3.05) is 5.32 Å². The van der Waals surface area contributed by atoms with Gasteiger partial charge in [-0.3, -0.25) is 10.1 Å². The van der Waals surface area contributed by atoms with Crippen molar-refractivity contribution in [3.63, 3.8) is 0 Å². The molecule has 3 aromatic rings. The molecule has 0 radical (unpaired) electrons. The molecule has 1 aliphatic rings. The van der Waals surface area contributed by atoms with Gasteiger partial charge in [0.15, 0.2) is 11.5 Å². The molecule has 0 unspecified atom stereocenters. The Bertz CT molecular complexity index is 1060. The second-order valence-electron chi connectivity index (χ2n) is 5.33. The highest BCUT2D eigenvalue weighted by Gasteiger charge is 2.43. The van der Waals surface area contributed by atoms with E-state index < -0.39 is 18.0 Å². The fourth-order valence-corrected chi connectivity index (χ4v) is 2.46. The predicted octanol–water partition coefficient (Wildman–Crippen LogP) is 3.15. The van der Waals surface area contributed by atoms with Crippen LogP contribution in [0.3, 0.4) is 0 Å². The van der Waals surface area contributed by atoms with Crippen LogP contribution in [0.25, 0.3) is 11.0 Å². The number of carbonyl (C=O) groups excluding carboxylic acids is 1. The molecule has 0 saturated carbocycles. The number of benzene rings is 2. The van der Waals surface area contributed by atoms with E-state index in [1.54, 1.807) is 6.07 Å². The molecule has 130 valence electrons. The fraction of sp³-hybridized carbons (Fsp3) is 0.0625. The van der Waals surface area contributed by atoms with E-state index in [0.29, 0.717) is 5.52 Å². The van der Waals surface area contributed by atoms with Gasteiger partial charge in [0.05, 0.1) is 28.2 Å². The molecule has 0 aliphatic carbocycles. The molecular weight excluding hydrogens is 353 g/mol. The molecule has 2 aromatic carbocycles. The molecule has 7 nitrogen and oxygen atoms in total. The molecule has 0 atom stereocenters. The van der Waals surface area contributed by atoms with Crippen molar-refractivity contribution in [3.05, 3.63) is 47.3 Å². The highest BCUT2D eigenvalue weighted by molar-refractivity contribution is 6.04. The number of carbonyl (C=O) groups is 1. The number of amides is 1. The maximum Gasteiger partial charge on any atom is 0.586 e. The summed E-state index contributed by atoms with van der Waals surface area (Å²) in [5, 5.41) is 11.1. The Morgan fingerprint density at radius 2 is 1.96 bits per heavy atom. The second-order valence-corrected chi connectivity index (χ2v) is 5.33. The van der Waals surface area contributed by atoms with E-state index in [4.69, 9.17) is 5.26 Å². The summed E-state index contributed by atoms with van der Waals surface area (Å²) in [7, 11) is 0. The average molecular weight is 360 g/mol. The molecule has 0 fully saturated rings. The van der Waals surface area contributed by atoms with Gasteiger partial charge in [0.25, 0.3) is 5.91 Å². The molecule has 26 heavy (non-hydrogen) atoms. The van der Waals surface area contributed by atoms with Gasteiger partial charge in [-0.2, -0.15) is 5.26 Å². The number of nitrogens with zero attached hydrogens (tertiary/aromatic N) is 2. The smallest absolute Gasteiger partial charge is 0.395 e. The van der Waals surface area contributed by atoms with Crippen LogP contribution >= 0.6 is 0 Å². The van der Waals surface area contributed by atoms with E-state index >= 15 is 0 Å². The van der Waals surface area contributed by atoms with Gasteiger partial charge >= 0.3 is 6.29 Å². The lowest BCUT2D eigenvalue weighted by Gasteiger charge is -2.04. The Hall–Kier alpha value is -3.74. The van der Waals surface area contributed by atoms with Crippen molar-refractivity contribution < 1.29 is 27.4 Å². The number of fused-ring (bicyclic) bond motifs is 2. The fourth-order valence-electron chi connectivity index (χ4n) is 2.46. The molecule has 0 spiro atoms. The summed E-state index contributed by atoms with van der Waals surface area (Å²) >= 11 is 0. The molecule has 2 heterocycles. The maximum absolute atomic E-state index is 13.9. The number of rotatable bonds is 2. The zero-order valence-corrected chi connectivity index (χ0v) is 12.6. The van der Waals surface area contributed by atoms with E-state index in [1.807, 2.05) is 0 Å². The van der Waals surface area contributed by atoms with Crippen LogP contribution in [-0.2, 0) is 0 Å². The van der Waals surface area contributed by atoms with Crippen LogP contribution in [0.5, 0.6) is 11.5 Å². The number of aromatic nitrogens is 2. The van der Waals surface area contributed by atoms with Crippen molar-refractivity contribution in [1.82, 2.24) is 9.97 Å². The van der Waals surface area contributed by atoms with Crippen LogP contribution in [0.2, 0.25) is 0 Å². The number of H-pyrrole nitrogens is 1. The number of imidazole rings is 1. The van der Waals surface area contributed by atoms with Crippen molar-refractivity contribution in [2.24, 2.45) is 0 Å². The van der Waals surface area contributed by atoms with E-state index in [9.17, 15) is 18.0 Å². The number of aromatic amines is 1. The first-order valence-corrected chi connectivity index (χ1v) is 7.15. The van der Waals surface area contributed by atoms with E-state index in [-0.39, 0.29) is 34.1 Å². The highest BCUT2D eigenvalue weighted by Crippen LogP contribution is 2.42. The molecule has 4 rings (SSSR count). The summed E-state index contributed by atoms with van der Waals surface area (Å²) in [5.41, 5.74) is 0.341. The van der Waals surface area contributed by atoms with Gasteiger partial charge in [-0.25, -0.2) is 9.37 Å². The SMILES string of the molecule is N#Cc1ccc(C(=O)Nc2nc3cc4c(cc3[nH]2)OC(F)(F)O4)c(F)c1. The van der Waals surface area contributed by atoms with Crippen LogP contribution in [0.1, 0.15) is 15.9 Å². The summed E-state index contributed by atoms with van der Waals surface area (Å²) in [5.74, 6) is -2.05. The van der Waals surface area contributed by atoms with Crippen LogP contribution < -0.4 is 14.8 Å². The van der Waals surface area contributed by atoms with Gasteiger partial charge in [-0.1, -0.05) is 0 Å². The highest BCUT2D eigenvalue weighted by atomic mass is 19.3. The van der Waals surface area contributed by atoms with Gasteiger partial charge in [-0.05, 0) is 18.2 Å². The van der Waals surface area contributed by atoms with Crippen molar-refractivity contribution in [1.29, 1.82) is 5.26 Å². The van der Waals surface area contributed by atoms with Crippen LogP contribution in [-0.4, -0.2) is 22.2 Å². The first kappa shape index (κ1) is 15.8. The number of hydrogen-bond donors (Lipinski definition) is 2. The minimum atomic E-state index is -3.74. The Kier molecular flexibility index (Phi) is 3.27. The maximum atomic E-state index is 13.9. The Balaban J connectivity index is 1.61. The third-order valence-electron chi connectivity index (χ3n) is 3.58. The Morgan fingerprint density at radius 1 is 1.23 bits per heavy atom. The molecule has 0 bridgehead atoms. The molecule has 1 amide bonds. The van der Waals surface area contributed by atoms with Gasteiger partial charge in [0.2, 0.25) is 5.95 Å². The number of nitriles is 1. The second kappa shape index (κ2) is 5.38. The third-order valence-corrected chi connectivity index (χ3v) is 3.58. The van der Waals surface area contributed by atoms with E-state index in [0.717, 1.165) is 6.07 Å². The Labute approximate surface area is 143 Å². The minimum Gasteiger partial charge on any atom is -0.395 e. The lowest BCUT2D eigenvalue weighted by atomic mass is 10.1. The van der Waals surface area contributed by atoms with Crippen molar-refractivity contribution in [2.45, 2.75) is 6.29 Å². The summed E-state index contributed by atoms with van der Waals surface area (Å²) in [6.45, 7) is 0. The minimum absolute atomic E-state index is 0.0239. The quantitative estimate of drug-likeness (QED) is 0.731. The average Bonchev–Trinajstić information content (AvgIpc) is 3.08. The molecule has 2 N–H and O–H groups in total. The molecule has 1 aromatic heterocycles. The van der Waals surface area contributed by atoms with E-state index in [1.165, 1.54) is 24.3 Å². The molecular formula is C16H7F3N4O3. The number of nitrogens with one attached hydrogen (secondary N) is 2. The summed E-state index contributed by atoms with van der Waals surface area (Å²) < 4.78 is 48.6. The zero-order valence-electron chi connectivity index (χ0n) is 12.6.